The van der Waals surface area contributed by atoms with E-state index in [1.54, 1.807) is 0 Å². The maximum atomic E-state index is 5.22. The maximum Gasteiger partial charge on any atom is 1.00 e. The number of hydrogen-bond acceptors (Lipinski definition) is 3. The van der Waals surface area contributed by atoms with Gasteiger partial charge in [-0.25, -0.2) is 0 Å². The van der Waals surface area contributed by atoms with Crippen molar-refractivity contribution in [2.24, 2.45) is 0 Å². The van der Waals surface area contributed by atoms with Gasteiger partial charge in [-0.3, -0.25) is 0 Å². The van der Waals surface area contributed by atoms with Crippen LogP contribution in [0, 0.1) is 0 Å². The summed E-state index contributed by atoms with van der Waals surface area (Å²) in [5.74, 6) is 0. The lowest BCUT2D eigenvalue weighted by Crippen LogP contribution is -1.87. The minimum Gasteiger partial charge on any atom is -0.468 e. The van der Waals surface area contributed by atoms with Gasteiger partial charge in [0.05, 0.1) is 11.4 Å². The van der Waals surface area contributed by atoms with Crippen molar-refractivity contribution in [3.63, 3.8) is 0 Å². The molecule has 0 aromatic carbocycles. The molecule has 0 radical (unpaired) electrons. The summed E-state index contributed by atoms with van der Waals surface area (Å²) in [6.45, 7) is 0. The van der Waals surface area contributed by atoms with E-state index < -0.39 is 0 Å². The fourth-order valence-electron chi connectivity index (χ4n) is 0.317. The Morgan fingerprint density at radius 3 is 1.86 bits per heavy atom. The number of furan rings is 1. The van der Waals surface area contributed by atoms with E-state index in [9.17, 15) is 0 Å². The van der Waals surface area contributed by atoms with Crippen LogP contribution in [-0.2, 0) is 0 Å². The lowest BCUT2D eigenvalue weighted by Gasteiger charge is -1.79. The lowest BCUT2D eigenvalue weighted by molar-refractivity contribution is 0.569. The maximum absolute atomic E-state index is 5.22. The summed E-state index contributed by atoms with van der Waals surface area (Å²) in [5.41, 5.74) is 11.4. The highest BCUT2D eigenvalue weighted by Gasteiger charge is 1.90. The monoisotopic (exact) mass is 99.1 g/mol. The van der Waals surface area contributed by atoms with Crippen molar-refractivity contribution in [2.45, 2.75) is 0 Å². The summed E-state index contributed by atoms with van der Waals surface area (Å²) < 4.78 is 4.59. The van der Waals surface area contributed by atoms with Crippen molar-refractivity contribution in [3.05, 3.63) is 12.5 Å². The largest absolute Gasteiger partial charge is 1.00 e. The van der Waals surface area contributed by atoms with E-state index in [2.05, 4.69) is 4.42 Å². The Kier molecular flexibility index (Phi) is 0.685. The smallest absolute Gasteiger partial charge is 0.468 e. The van der Waals surface area contributed by atoms with Gasteiger partial charge in [0.25, 0.3) is 0 Å². The van der Waals surface area contributed by atoms with Crippen LogP contribution in [-0.4, -0.2) is 0 Å². The molecule has 0 amide bonds. The van der Waals surface area contributed by atoms with E-state index in [1.807, 2.05) is 0 Å². The van der Waals surface area contributed by atoms with E-state index in [-0.39, 0.29) is 1.43 Å². The Balaban J connectivity index is 0.000000490. The van der Waals surface area contributed by atoms with Crippen LogP contribution in [0.1, 0.15) is 1.43 Å². The highest BCUT2D eigenvalue weighted by molar-refractivity contribution is 5.59. The van der Waals surface area contributed by atoms with Gasteiger partial charge < -0.3 is 15.9 Å². The molecule has 0 bridgehead atoms. The van der Waals surface area contributed by atoms with Crippen LogP contribution in [0.25, 0.3) is 0 Å². The standard InChI is InChI=1S/C4H6N2O/c5-3-1-7-2-4(3)6/h1-2H,5-6H2/p+1. The molecule has 1 aromatic rings. The highest BCUT2D eigenvalue weighted by atomic mass is 16.3. The van der Waals surface area contributed by atoms with Crippen LogP contribution in [0.2, 0.25) is 0 Å². The quantitative estimate of drug-likeness (QED) is 0.499. The SMILES string of the molecule is Nc1cocc1N.[H+]. The second kappa shape index (κ2) is 1.18. The molecule has 0 aliphatic carbocycles. The first-order valence-electron chi connectivity index (χ1n) is 1.88. The van der Waals surface area contributed by atoms with Gasteiger partial charge in [-0.1, -0.05) is 0 Å². The Morgan fingerprint density at radius 2 is 1.71 bits per heavy atom. The Morgan fingerprint density at radius 1 is 1.29 bits per heavy atom. The number of nitrogens with two attached hydrogens (primary N) is 2. The third kappa shape index (κ3) is 0.513. The van der Waals surface area contributed by atoms with Crippen LogP contribution < -0.4 is 11.5 Å². The highest BCUT2D eigenvalue weighted by Crippen LogP contribution is 2.12. The average molecular weight is 99.1 g/mol. The molecule has 0 saturated carbocycles. The molecule has 3 nitrogen and oxygen atoms in total. The van der Waals surface area contributed by atoms with E-state index in [4.69, 9.17) is 11.5 Å². The third-order valence-corrected chi connectivity index (χ3v) is 0.723. The lowest BCUT2D eigenvalue weighted by atomic mass is 10.5. The normalized spacial score (nSPS) is 9.14. The fraction of sp³-hybridized carbons (Fsp3) is 0. The zero-order valence-corrected chi connectivity index (χ0v) is 3.72. The van der Waals surface area contributed by atoms with Gasteiger partial charge in [0.15, 0.2) is 0 Å². The van der Waals surface area contributed by atoms with Crippen LogP contribution in [0.3, 0.4) is 0 Å². The number of nitrogen functional groups attached to an aromatic ring is 2. The molecule has 0 saturated heterocycles. The molecule has 3 heteroatoms. The first-order valence-corrected chi connectivity index (χ1v) is 1.88. The molecule has 1 rings (SSSR count). The molecule has 4 N–H and O–H groups in total. The van der Waals surface area contributed by atoms with Crippen molar-refractivity contribution < 1.29 is 5.84 Å². The number of hydrogen-bond donors (Lipinski definition) is 2. The zero-order valence-electron chi connectivity index (χ0n) is 4.72. The van der Waals surface area contributed by atoms with E-state index in [0.29, 0.717) is 11.4 Å². The van der Waals surface area contributed by atoms with Crippen molar-refractivity contribution in [2.75, 3.05) is 11.5 Å². The molecule has 0 aliphatic rings. The molecular formula is C4H7N2O+. The summed E-state index contributed by atoms with van der Waals surface area (Å²) in [6.07, 6.45) is 2.80. The van der Waals surface area contributed by atoms with E-state index in [1.165, 1.54) is 12.5 Å². The first kappa shape index (κ1) is 4.05. The minimum absolute atomic E-state index is 0. The molecule has 0 atom stereocenters. The molecule has 0 aliphatic heterocycles. The molecule has 0 unspecified atom stereocenters. The zero-order chi connectivity index (χ0) is 5.28. The molecule has 0 spiro atoms. The second-order valence-corrected chi connectivity index (χ2v) is 1.28. The fourth-order valence-corrected chi connectivity index (χ4v) is 0.317. The van der Waals surface area contributed by atoms with Crippen molar-refractivity contribution in [3.8, 4) is 0 Å². The summed E-state index contributed by atoms with van der Waals surface area (Å²) in [5, 5.41) is 0. The molecular weight excluding hydrogens is 92.1 g/mol. The minimum atomic E-state index is 0. The summed E-state index contributed by atoms with van der Waals surface area (Å²) in [7, 11) is 0. The average Bonchev–Trinajstić information content (AvgIpc) is 1.91. The van der Waals surface area contributed by atoms with Crippen LogP contribution in [0.5, 0.6) is 0 Å². The van der Waals surface area contributed by atoms with Crippen molar-refractivity contribution >= 4 is 11.4 Å². The predicted molar refractivity (Wildman–Crippen MR) is 28.6 cm³/mol. The summed E-state index contributed by atoms with van der Waals surface area (Å²) in [6, 6.07) is 0. The number of anilines is 2. The molecule has 38 valence electrons. The van der Waals surface area contributed by atoms with E-state index >= 15 is 0 Å². The van der Waals surface area contributed by atoms with Crippen molar-refractivity contribution in [1.29, 1.82) is 0 Å². The van der Waals surface area contributed by atoms with Crippen LogP contribution in [0.15, 0.2) is 16.9 Å². The van der Waals surface area contributed by atoms with Gasteiger partial charge in [0, 0.05) is 0 Å². The van der Waals surface area contributed by atoms with Gasteiger partial charge in [-0.05, 0) is 0 Å². The summed E-state index contributed by atoms with van der Waals surface area (Å²) in [4.78, 5) is 0. The van der Waals surface area contributed by atoms with E-state index in [0.717, 1.165) is 0 Å². The Labute approximate surface area is 42.4 Å². The third-order valence-electron chi connectivity index (χ3n) is 0.723. The van der Waals surface area contributed by atoms with Gasteiger partial charge in [0.2, 0.25) is 0 Å². The molecule has 0 fully saturated rings. The molecule has 1 aromatic heterocycles. The first-order chi connectivity index (χ1) is 3.30. The molecule has 7 heavy (non-hydrogen) atoms. The Hall–Kier alpha value is -1.12. The second-order valence-electron chi connectivity index (χ2n) is 1.28. The van der Waals surface area contributed by atoms with Gasteiger partial charge in [-0.15, -0.1) is 0 Å². The van der Waals surface area contributed by atoms with Crippen LogP contribution >= 0.6 is 0 Å². The number of rotatable bonds is 0. The van der Waals surface area contributed by atoms with Gasteiger partial charge >= 0.3 is 1.43 Å². The van der Waals surface area contributed by atoms with Gasteiger partial charge in [0.1, 0.15) is 12.5 Å². The summed E-state index contributed by atoms with van der Waals surface area (Å²) >= 11 is 0. The topological polar surface area (TPSA) is 65.2 Å². The van der Waals surface area contributed by atoms with Crippen molar-refractivity contribution in [1.82, 2.24) is 0 Å². The van der Waals surface area contributed by atoms with Gasteiger partial charge in [-0.2, -0.15) is 0 Å². The predicted octanol–water partition coefficient (Wildman–Crippen LogP) is 0.557. The van der Waals surface area contributed by atoms with Crippen LogP contribution in [0.4, 0.5) is 11.4 Å². The Bertz CT molecular complexity index is 146. The molecule has 1 heterocycles.